The summed E-state index contributed by atoms with van der Waals surface area (Å²) in [5.74, 6) is 0. The smallest absolute Gasteiger partial charge is 0.0801 e. The van der Waals surface area contributed by atoms with E-state index in [1.807, 2.05) is 6.07 Å². The van der Waals surface area contributed by atoms with Crippen molar-refractivity contribution in [2.45, 2.75) is 39.7 Å². The van der Waals surface area contributed by atoms with Crippen molar-refractivity contribution in [3.05, 3.63) is 44.9 Å². The molecular formula is C15H20ClN3S. The number of benzene rings is 1. The van der Waals surface area contributed by atoms with E-state index in [-0.39, 0.29) is 6.04 Å². The van der Waals surface area contributed by atoms with E-state index in [0.29, 0.717) is 0 Å². The van der Waals surface area contributed by atoms with Gasteiger partial charge in [-0.15, -0.1) is 5.10 Å². The minimum atomic E-state index is 0.232. The van der Waals surface area contributed by atoms with Crippen LogP contribution in [0.4, 0.5) is 0 Å². The normalized spacial score (nSPS) is 12.6. The third-order valence-corrected chi connectivity index (χ3v) is 4.55. The Hall–Kier alpha value is -0.970. The van der Waals surface area contributed by atoms with Crippen LogP contribution in [-0.4, -0.2) is 16.1 Å². The molecule has 1 atom stereocenters. The van der Waals surface area contributed by atoms with Crippen molar-refractivity contribution in [1.29, 1.82) is 0 Å². The molecule has 1 aromatic heterocycles. The summed E-state index contributed by atoms with van der Waals surface area (Å²) in [6.07, 6.45) is 1.78. The van der Waals surface area contributed by atoms with Gasteiger partial charge in [0.2, 0.25) is 0 Å². The van der Waals surface area contributed by atoms with Gasteiger partial charge >= 0.3 is 0 Å². The number of hydrogen-bond donors (Lipinski definition) is 1. The Labute approximate surface area is 129 Å². The fourth-order valence-corrected chi connectivity index (χ4v) is 3.39. The summed E-state index contributed by atoms with van der Waals surface area (Å²) in [6.45, 7) is 7.20. The van der Waals surface area contributed by atoms with Gasteiger partial charge < -0.3 is 5.32 Å². The summed E-state index contributed by atoms with van der Waals surface area (Å²) in [6, 6.07) is 6.47. The van der Waals surface area contributed by atoms with Gasteiger partial charge in [0.15, 0.2) is 0 Å². The lowest BCUT2D eigenvalue weighted by atomic mass is 10.0. The summed E-state index contributed by atoms with van der Waals surface area (Å²) in [5.41, 5.74) is 3.44. The van der Waals surface area contributed by atoms with Gasteiger partial charge in [0.05, 0.1) is 10.6 Å². The molecule has 0 aliphatic rings. The van der Waals surface area contributed by atoms with Crippen molar-refractivity contribution in [1.82, 2.24) is 14.9 Å². The number of nitrogens with zero attached hydrogens (tertiary/aromatic N) is 2. The van der Waals surface area contributed by atoms with E-state index in [1.165, 1.54) is 27.5 Å². The van der Waals surface area contributed by atoms with Crippen LogP contribution in [0.5, 0.6) is 0 Å². The summed E-state index contributed by atoms with van der Waals surface area (Å²) in [4.78, 5) is 1.23. The third kappa shape index (κ3) is 3.57. The average molecular weight is 310 g/mol. The van der Waals surface area contributed by atoms with Gasteiger partial charge in [-0.05, 0) is 55.0 Å². The Morgan fingerprint density at radius 3 is 2.80 bits per heavy atom. The molecular weight excluding hydrogens is 290 g/mol. The lowest BCUT2D eigenvalue weighted by Gasteiger charge is -2.18. The molecule has 1 N–H and O–H groups in total. The zero-order valence-corrected chi connectivity index (χ0v) is 13.7. The highest BCUT2D eigenvalue weighted by molar-refractivity contribution is 7.05. The minimum Gasteiger partial charge on any atom is -0.309 e. The SMILES string of the molecule is CCNC(Cc1ccc(C)cc1Cl)c1snnc1CC. The van der Waals surface area contributed by atoms with Crippen LogP contribution in [-0.2, 0) is 12.8 Å². The predicted octanol–water partition coefficient (Wildman–Crippen LogP) is 3.96. The molecule has 0 saturated heterocycles. The average Bonchev–Trinajstić information content (AvgIpc) is 2.89. The number of aromatic nitrogens is 2. The van der Waals surface area contributed by atoms with Crippen molar-refractivity contribution in [3.63, 3.8) is 0 Å². The summed E-state index contributed by atoms with van der Waals surface area (Å²) >= 11 is 7.84. The molecule has 1 aromatic carbocycles. The number of rotatable bonds is 6. The van der Waals surface area contributed by atoms with Crippen LogP contribution < -0.4 is 5.32 Å². The molecule has 2 rings (SSSR count). The molecule has 2 aromatic rings. The lowest BCUT2D eigenvalue weighted by molar-refractivity contribution is 0.553. The first-order valence-corrected chi connectivity index (χ1v) is 8.10. The molecule has 5 heteroatoms. The van der Waals surface area contributed by atoms with Crippen molar-refractivity contribution >= 4 is 23.1 Å². The first kappa shape index (κ1) is 15.4. The Morgan fingerprint density at radius 2 is 2.15 bits per heavy atom. The molecule has 0 bridgehead atoms. The number of hydrogen-bond acceptors (Lipinski definition) is 4. The van der Waals surface area contributed by atoms with Gasteiger partial charge in [-0.1, -0.05) is 42.1 Å². The van der Waals surface area contributed by atoms with E-state index in [4.69, 9.17) is 11.6 Å². The first-order chi connectivity index (χ1) is 9.65. The second kappa shape index (κ2) is 7.16. The van der Waals surface area contributed by atoms with Gasteiger partial charge in [-0.2, -0.15) is 0 Å². The standard InChI is InChI=1S/C15H20ClN3S/c1-4-13-15(20-19-18-13)14(17-5-2)9-11-7-6-10(3)8-12(11)16/h6-8,14,17H,4-5,9H2,1-3H3. The maximum Gasteiger partial charge on any atom is 0.0801 e. The van der Waals surface area contributed by atoms with Crippen LogP contribution in [0.15, 0.2) is 18.2 Å². The zero-order valence-electron chi connectivity index (χ0n) is 12.1. The van der Waals surface area contributed by atoms with Gasteiger partial charge in [-0.3, -0.25) is 0 Å². The molecule has 0 fully saturated rings. The van der Waals surface area contributed by atoms with E-state index >= 15 is 0 Å². The van der Waals surface area contributed by atoms with E-state index in [1.54, 1.807) is 0 Å². The largest absolute Gasteiger partial charge is 0.309 e. The highest BCUT2D eigenvalue weighted by atomic mass is 35.5. The fraction of sp³-hybridized carbons (Fsp3) is 0.467. The summed E-state index contributed by atoms with van der Waals surface area (Å²) in [5, 5.41) is 8.57. The van der Waals surface area contributed by atoms with Gasteiger partial charge in [0.1, 0.15) is 0 Å². The van der Waals surface area contributed by atoms with Crippen LogP contribution in [0.1, 0.15) is 41.6 Å². The number of likely N-dealkylation sites (N-methyl/N-ethyl adjacent to an activating group) is 1. The molecule has 0 aliphatic heterocycles. The second-order valence-electron chi connectivity index (χ2n) is 4.85. The Balaban J connectivity index is 2.25. The maximum absolute atomic E-state index is 6.35. The third-order valence-electron chi connectivity index (χ3n) is 3.32. The van der Waals surface area contributed by atoms with Crippen molar-refractivity contribution in [2.24, 2.45) is 0 Å². The van der Waals surface area contributed by atoms with Gasteiger partial charge in [-0.25, -0.2) is 0 Å². The number of aryl methyl sites for hydroxylation is 2. The van der Waals surface area contributed by atoms with Crippen LogP contribution in [0, 0.1) is 6.92 Å². The number of nitrogens with one attached hydrogen (secondary N) is 1. The summed E-state index contributed by atoms with van der Waals surface area (Å²) < 4.78 is 4.09. The van der Waals surface area contributed by atoms with Crippen molar-refractivity contribution in [3.8, 4) is 0 Å². The van der Waals surface area contributed by atoms with Crippen LogP contribution in [0.3, 0.4) is 0 Å². The Kier molecular flexibility index (Phi) is 5.52. The molecule has 1 unspecified atom stereocenters. The topological polar surface area (TPSA) is 37.8 Å². The Bertz CT molecular complexity index is 568. The second-order valence-corrected chi connectivity index (χ2v) is 6.04. The molecule has 0 radical (unpaired) electrons. The quantitative estimate of drug-likeness (QED) is 0.878. The molecule has 0 saturated carbocycles. The van der Waals surface area contributed by atoms with E-state index < -0.39 is 0 Å². The molecule has 0 aliphatic carbocycles. The maximum atomic E-state index is 6.35. The van der Waals surface area contributed by atoms with Crippen LogP contribution in [0.25, 0.3) is 0 Å². The van der Waals surface area contributed by atoms with Crippen molar-refractivity contribution in [2.75, 3.05) is 6.54 Å². The van der Waals surface area contributed by atoms with E-state index in [0.717, 1.165) is 30.1 Å². The predicted molar refractivity (Wildman–Crippen MR) is 85.6 cm³/mol. The molecule has 1 heterocycles. The lowest BCUT2D eigenvalue weighted by Crippen LogP contribution is -2.23. The van der Waals surface area contributed by atoms with E-state index in [9.17, 15) is 0 Å². The fourth-order valence-electron chi connectivity index (χ4n) is 2.27. The van der Waals surface area contributed by atoms with Crippen LogP contribution >= 0.6 is 23.1 Å². The minimum absolute atomic E-state index is 0.232. The molecule has 108 valence electrons. The highest BCUT2D eigenvalue weighted by Crippen LogP contribution is 2.28. The molecule has 3 nitrogen and oxygen atoms in total. The monoisotopic (exact) mass is 309 g/mol. The molecule has 0 amide bonds. The molecule has 0 spiro atoms. The summed E-state index contributed by atoms with van der Waals surface area (Å²) in [7, 11) is 0. The Morgan fingerprint density at radius 1 is 1.35 bits per heavy atom. The van der Waals surface area contributed by atoms with E-state index in [2.05, 4.69) is 47.8 Å². The van der Waals surface area contributed by atoms with Gasteiger partial charge in [0.25, 0.3) is 0 Å². The van der Waals surface area contributed by atoms with Crippen molar-refractivity contribution < 1.29 is 0 Å². The zero-order chi connectivity index (χ0) is 14.5. The van der Waals surface area contributed by atoms with Crippen LogP contribution in [0.2, 0.25) is 5.02 Å². The number of halogens is 1. The first-order valence-electron chi connectivity index (χ1n) is 6.95. The van der Waals surface area contributed by atoms with Gasteiger partial charge in [0, 0.05) is 11.1 Å². The molecule has 20 heavy (non-hydrogen) atoms. The highest BCUT2D eigenvalue weighted by Gasteiger charge is 2.19.